The molecule has 1 atom stereocenters. The van der Waals surface area contributed by atoms with Crippen LogP contribution in [0.25, 0.3) is 0 Å². The van der Waals surface area contributed by atoms with Crippen molar-refractivity contribution in [1.29, 1.82) is 0 Å². The molecule has 1 nitrogen and oxygen atoms in total. The fraction of sp³-hybridized carbons (Fsp3) is 0.300. The molecule has 1 aliphatic rings. The number of fused-ring (bicyclic) bond motifs is 1. The molecule has 1 radical (unpaired) electrons. The molecular formula is C10H8F3OS. The van der Waals surface area contributed by atoms with E-state index in [1.165, 1.54) is 12.1 Å². The minimum absolute atomic E-state index is 0.0891. The van der Waals surface area contributed by atoms with E-state index < -0.39 is 16.7 Å². The summed E-state index contributed by atoms with van der Waals surface area (Å²) in [5, 5.41) is 0. The van der Waals surface area contributed by atoms with Gasteiger partial charge in [-0.2, -0.15) is 0 Å². The standard InChI is InChI=1S/C10H8F3OS/c11-10(12,13)15(14)9-6-2-4-7-3-1-5-8(7)9/h2-4,6H,1,5H2. The van der Waals surface area contributed by atoms with E-state index in [2.05, 4.69) is 0 Å². The molecular weight excluding hydrogens is 225 g/mol. The second kappa shape index (κ2) is 3.72. The van der Waals surface area contributed by atoms with Crippen molar-refractivity contribution in [1.82, 2.24) is 0 Å². The number of halogens is 3. The number of benzene rings is 1. The highest BCUT2D eigenvalue weighted by Crippen LogP contribution is 2.36. The number of rotatable bonds is 1. The van der Waals surface area contributed by atoms with Gasteiger partial charge in [0.1, 0.15) is 0 Å². The van der Waals surface area contributed by atoms with Crippen molar-refractivity contribution in [3.05, 3.63) is 35.7 Å². The average molecular weight is 233 g/mol. The van der Waals surface area contributed by atoms with Crippen LogP contribution < -0.4 is 0 Å². The predicted octanol–water partition coefficient (Wildman–Crippen LogP) is 2.81. The van der Waals surface area contributed by atoms with Crippen molar-refractivity contribution in [2.24, 2.45) is 0 Å². The topological polar surface area (TPSA) is 23.1 Å². The molecule has 81 valence electrons. The molecule has 0 bridgehead atoms. The summed E-state index contributed by atoms with van der Waals surface area (Å²) in [7, 11) is 0. The van der Waals surface area contributed by atoms with Crippen molar-refractivity contribution in [2.75, 3.05) is 0 Å². The number of hydrogen-bond acceptors (Lipinski definition) is 1. The first kappa shape index (κ1) is 10.8. The summed E-state index contributed by atoms with van der Waals surface area (Å²) in [6.45, 7) is 0. The van der Waals surface area contributed by atoms with Crippen LogP contribution in [0.4, 0.5) is 13.2 Å². The van der Waals surface area contributed by atoms with Gasteiger partial charge in [0.2, 0.25) is 0 Å². The van der Waals surface area contributed by atoms with Gasteiger partial charge < -0.3 is 4.55 Å². The zero-order valence-electron chi connectivity index (χ0n) is 7.67. The maximum atomic E-state index is 12.3. The van der Waals surface area contributed by atoms with E-state index in [-0.39, 0.29) is 4.90 Å². The van der Waals surface area contributed by atoms with E-state index in [0.717, 1.165) is 12.0 Å². The molecule has 0 saturated carbocycles. The molecule has 0 N–H and O–H groups in total. The Hall–Kier alpha value is -0.680. The Morgan fingerprint density at radius 1 is 1.27 bits per heavy atom. The lowest BCUT2D eigenvalue weighted by Gasteiger charge is -2.14. The van der Waals surface area contributed by atoms with Gasteiger partial charge in [0, 0.05) is 5.56 Å². The molecule has 0 fully saturated rings. The Morgan fingerprint density at radius 3 is 2.67 bits per heavy atom. The molecule has 0 saturated heterocycles. The Labute approximate surface area is 88.5 Å². The van der Waals surface area contributed by atoms with Gasteiger partial charge in [-0.1, -0.05) is 12.1 Å². The first-order valence-electron chi connectivity index (χ1n) is 4.44. The van der Waals surface area contributed by atoms with Crippen LogP contribution in [0.3, 0.4) is 0 Å². The highest BCUT2D eigenvalue weighted by molar-refractivity contribution is 7.92. The number of alkyl halides is 3. The maximum Gasteiger partial charge on any atom is 0.578 e. The lowest BCUT2D eigenvalue weighted by atomic mass is 10.1. The molecule has 0 amide bonds. The molecule has 1 aromatic rings. The van der Waals surface area contributed by atoms with Crippen molar-refractivity contribution in [2.45, 2.75) is 23.2 Å². The molecule has 0 aliphatic heterocycles. The third kappa shape index (κ3) is 1.99. The highest BCUT2D eigenvalue weighted by atomic mass is 32.2. The fourth-order valence-corrected chi connectivity index (χ4v) is 2.61. The van der Waals surface area contributed by atoms with E-state index in [1.54, 1.807) is 6.07 Å². The molecule has 1 aromatic carbocycles. The van der Waals surface area contributed by atoms with E-state index in [0.29, 0.717) is 12.0 Å². The summed E-state index contributed by atoms with van der Waals surface area (Å²) in [6.07, 6.45) is 3.14. The lowest BCUT2D eigenvalue weighted by molar-refractivity contribution is -0.0435. The highest BCUT2D eigenvalue weighted by Gasteiger charge is 2.47. The monoisotopic (exact) mass is 233 g/mol. The summed E-state index contributed by atoms with van der Waals surface area (Å²) < 4.78 is 48.1. The van der Waals surface area contributed by atoms with Crippen molar-refractivity contribution in [3.63, 3.8) is 0 Å². The molecule has 5 heteroatoms. The van der Waals surface area contributed by atoms with Crippen molar-refractivity contribution >= 4 is 11.2 Å². The zero-order chi connectivity index (χ0) is 11.1. The molecule has 0 spiro atoms. The second-order valence-electron chi connectivity index (χ2n) is 3.28. The van der Waals surface area contributed by atoms with E-state index in [1.807, 2.05) is 6.42 Å². The summed E-state index contributed by atoms with van der Waals surface area (Å²) in [5.74, 6) is 0. The summed E-state index contributed by atoms with van der Waals surface area (Å²) in [6, 6.07) is 4.56. The molecule has 0 aromatic heterocycles. The molecule has 1 unspecified atom stereocenters. The van der Waals surface area contributed by atoms with Gasteiger partial charge in [-0.15, -0.1) is 13.2 Å². The van der Waals surface area contributed by atoms with Gasteiger partial charge in [-0.05, 0) is 30.9 Å². The summed E-state index contributed by atoms with van der Waals surface area (Å²) in [5.41, 5.74) is -3.31. The van der Waals surface area contributed by atoms with Gasteiger partial charge in [0.05, 0.1) is 11.2 Å². The second-order valence-corrected chi connectivity index (χ2v) is 4.72. The molecule has 0 heterocycles. The van der Waals surface area contributed by atoms with E-state index >= 15 is 0 Å². The van der Waals surface area contributed by atoms with Crippen LogP contribution in [0.1, 0.15) is 17.5 Å². The Kier molecular flexibility index (Phi) is 2.68. The zero-order valence-corrected chi connectivity index (χ0v) is 8.49. The van der Waals surface area contributed by atoms with Crippen LogP contribution in [0.5, 0.6) is 0 Å². The first-order valence-corrected chi connectivity index (χ1v) is 5.59. The average Bonchev–Trinajstić information content (AvgIpc) is 2.62. The smallest absolute Gasteiger partial charge is 0.578 e. The van der Waals surface area contributed by atoms with Crippen LogP contribution in [-0.4, -0.2) is 10.1 Å². The lowest BCUT2D eigenvalue weighted by Crippen LogP contribution is -2.24. The van der Waals surface area contributed by atoms with Gasteiger partial charge in [0.15, 0.2) is 4.90 Å². The van der Waals surface area contributed by atoms with Crippen LogP contribution in [-0.2, 0) is 17.6 Å². The van der Waals surface area contributed by atoms with E-state index in [9.17, 15) is 17.7 Å². The molecule has 1 aliphatic carbocycles. The SMILES string of the molecule is [O-][S+](c1cccc2c1CC[CH]2)C(F)(F)F. The number of hydrogen-bond donors (Lipinski definition) is 0. The summed E-state index contributed by atoms with van der Waals surface area (Å²) >= 11 is -2.90. The van der Waals surface area contributed by atoms with Gasteiger partial charge in [-0.25, -0.2) is 0 Å². The van der Waals surface area contributed by atoms with Crippen LogP contribution >= 0.6 is 0 Å². The van der Waals surface area contributed by atoms with Crippen molar-refractivity contribution in [3.8, 4) is 0 Å². The first-order chi connectivity index (χ1) is 7.00. The fourth-order valence-electron chi connectivity index (χ4n) is 1.71. The van der Waals surface area contributed by atoms with Gasteiger partial charge >= 0.3 is 5.51 Å². The Balaban J connectivity index is 2.41. The van der Waals surface area contributed by atoms with Crippen LogP contribution in [0.15, 0.2) is 23.1 Å². The third-order valence-corrected chi connectivity index (χ3v) is 3.54. The van der Waals surface area contributed by atoms with Gasteiger partial charge in [0.25, 0.3) is 0 Å². The molecule has 2 rings (SSSR count). The Morgan fingerprint density at radius 2 is 2.00 bits per heavy atom. The Bertz CT molecular complexity index is 375. The summed E-state index contributed by atoms with van der Waals surface area (Å²) in [4.78, 5) is -0.0891. The maximum absolute atomic E-state index is 12.3. The van der Waals surface area contributed by atoms with Crippen LogP contribution in [0.2, 0.25) is 0 Å². The quantitative estimate of drug-likeness (QED) is 0.684. The van der Waals surface area contributed by atoms with Crippen molar-refractivity contribution < 1.29 is 17.7 Å². The normalized spacial score (nSPS) is 17.6. The largest absolute Gasteiger partial charge is 0.604 e. The minimum atomic E-state index is -4.67. The van der Waals surface area contributed by atoms with Gasteiger partial charge in [-0.3, -0.25) is 0 Å². The van der Waals surface area contributed by atoms with E-state index in [4.69, 9.17) is 0 Å². The van der Waals surface area contributed by atoms with Crippen LogP contribution in [0, 0.1) is 6.42 Å². The predicted molar refractivity (Wildman–Crippen MR) is 50.6 cm³/mol. The minimum Gasteiger partial charge on any atom is -0.604 e. The molecule has 15 heavy (non-hydrogen) atoms. The third-order valence-electron chi connectivity index (χ3n) is 2.34.